The Labute approximate surface area is 85.9 Å². The van der Waals surface area contributed by atoms with Gasteiger partial charge in [-0.1, -0.05) is 26.7 Å². The van der Waals surface area contributed by atoms with Crippen LogP contribution in [0.15, 0.2) is 0 Å². The summed E-state index contributed by atoms with van der Waals surface area (Å²) in [6, 6.07) is 0. The average Bonchev–Trinajstić information content (AvgIpc) is 2.47. The molecule has 0 bridgehead atoms. The van der Waals surface area contributed by atoms with Crippen molar-refractivity contribution < 1.29 is 9.90 Å². The van der Waals surface area contributed by atoms with Gasteiger partial charge in [-0.2, -0.15) is 0 Å². The summed E-state index contributed by atoms with van der Waals surface area (Å²) in [4.78, 5) is 10.9. The van der Waals surface area contributed by atoms with Gasteiger partial charge in [0.15, 0.2) is 0 Å². The minimum atomic E-state index is -0.675. The van der Waals surface area contributed by atoms with E-state index in [4.69, 9.17) is 5.11 Å². The molecule has 1 fully saturated rings. The first-order valence-corrected chi connectivity index (χ1v) is 5.61. The third-order valence-corrected chi connectivity index (χ3v) is 3.45. The van der Waals surface area contributed by atoms with Crippen LogP contribution in [0.3, 0.4) is 0 Å². The summed E-state index contributed by atoms with van der Waals surface area (Å²) in [5.74, 6) is -0.134. The molecule has 0 aromatic carbocycles. The molecule has 0 aromatic heterocycles. The first-order valence-electron chi connectivity index (χ1n) is 5.61. The van der Waals surface area contributed by atoms with E-state index in [1.165, 1.54) is 12.8 Å². The van der Waals surface area contributed by atoms with E-state index in [2.05, 4.69) is 19.2 Å². The number of aliphatic carboxylic acids is 1. The van der Waals surface area contributed by atoms with E-state index >= 15 is 0 Å². The van der Waals surface area contributed by atoms with E-state index in [-0.39, 0.29) is 12.0 Å². The Morgan fingerprint density at radius 2 is 2.29 bits per heavy atom. The maximum absolute atomic E-state index is 10.9. The van der Waals surface area contributed by atoms with Gasteiger partial charge in [0.05, 0.1) is 6.42 Å². The highest BCUT2D eigenvalue weighted by molar-refractivity contribution is 5.68. The average molecular weight is 199 g/mol. The molecular weight excluding hydrogens is 178 g/mol. The van der Waals surface area contributed by atoms with Crippen LogP contribution in [0.2, 0.25) is 0 Å². The molecule has 82 valence electrons. The fourth-order valence-electron chi connectivity index (χ4n) is 2.89. The van der Waals surface area contributed by atoms with Gasteiger partial charge in [-0.15, -0.1) is 0 Å². The number of carbonyl (C=O) groups is 1. The van der Waals surface area contributed by atoms with Crippen molar-refractivity contribution in [3.8, 4) is 0 Å². The molecule has 0 amide bonds. The third-order valence-electron chi connectivity index (χ3n) is 3.45. The minimum Gasteiger partial charge on any atom is -0.481 e. The van der Waals surface area contributed by atoms with Gasteiger partial charge in [0, 0.05) is 5.54 Å². The van der Waals surface area contributed by atoms with Gasteiger partial charge in [-0.05, 0) is 25.3 Å². The van der Waals surface area contributed by atoms with Crippen LogP contribution in [0.4, 0.5) is 0 Å². The maximum Gasteiger partial charge on any atom is 0.305 e. The summed E-state index contributed by atoms with van der Waals surface area (Å²) in [6.07, 6.45) is 4.72. The van der Waals surface area contributed by atoms with Crippen LogP contribution >= 0.6 is 0 Å². The molecular formula is C11H21NO2. The molecule has 14 heavy (non-hydrogen) atoms. The Kier molecular flexibility index (Phi) is 3.93. The monoisotopic (exact) mass is 199 g/mol. The lowest BCUT2D eigenvalue weighted by Gasteiger charge is -2.34. The van der Waals surface area contributed by atoms with Crippen LogP contribution in [-0.2, 0) is 4.79 Å². The third kappa shape index (κ3) is 2.27. The van der Waals surface area contributed by atoms with Gasteiger partial charge < -0.3 is 10.4 Å². The first kappa shape index (κ1) is 11.5. The molecule has 1 aliphatic rings. The Morgan fingerprint density at radius 1 is 1.57 bits per heavy atom. The zero-order chi connectivity index (χ0) is 10.6. The van der Waals surface area contributed by atoms with E-state index in [1.54, 1.807) is 0 Å². The van der Waals surface area contributed by atoms with Crippen molar-refractivity contribution in [2.75, 3.05) is 6.54 Å². The Balaban J connectivity index is 2.73. The molecule has 2 unspecified atom stereocenters. The van der Waals surface area contributed by atoms with Crippen molar-refractivity contribution in [2.45, 2.75) is 51.5 Å². The molecule has 2 N–H and O–H groups in total. The topological polar surface area (TPSA) is 49.3 Å². The van der Waals surface area contributed by atoms with Gasteiger partial charge in [-0.25, -0.2) is 0 Å². The van der Waals surface area contributed by atoms with Crippen LogP contribution in [0, 0.1) is 5.92 Å². The first-order chi connectivity index (χ1) is 6.64. The summed E-state index contributed by atoms with van der Waals surface area (Å²) < 4.78 is 0. The van der Waals surface area contributed by atoms with Crippen LogP contribution in [0.1, 0.15) is 46.0 Å². The Bertz CT molecular complexity index is 205. The number of hydrogen-bond acceptors (Lipinski definition) is 2. The summed E-state index contributed by atoms with van der Waals surface area (Å²) >= 11 is 0. The van der Waals surface area contributed by atoms with Gasteiger partial charge in [0.2, 0.25) is 0 Å². The fraction of sp³-hybridized carbons (Fsp3) is 0.909. The minimum absolute atomic E-state index is 0.116. The SMILES string of the molecule is CCNC1(CC(=O)O)CCCC1CC. The van der Waals surface area contributed by atoms with Crippen LogP contribution in [0.5, 0.6) is 0 Å². The highest BCUT2D eigenvalue weighted by atomic mass is 16.4. The maximum atomic E-state index is 10.9. The smallest absolute Gasteiger partial charge is 0.305 e. The molecule has 0 aliphatic heterocycles. The second-order valence-electron chi connectivity index (χ2n) is 4.25. The van der Waals surface area contributed by atoms with E-state index in [9.17, 15) is 4.79 Å². The second kappa shape index (κ2) is 4.78. The second-order valence-corrected chi connectivity index (χ2v) is 4.25. The molecule has 3 heteroatoms. The number of hydrogen-bond donors (Lipinski definition) is 2. The molecule has 2 atom stereocenters. The van der Waals surface area contributed by atoms with Crippen LogP contribution < -0.4 is 5.32 Å². The highest BCUT2D eigenvalue weighted by Crippen LogP contribution is 2.40. The molecule has 0 spiro atoms. The molecule has 3 nitrogen and oxygen atoms in total. The summed E-state index contributed by atoms with van der Waals surface area (Å²) in [7, 11) is 0. The van der Waals surface area contributed by atoms with Crippen LogP contribution in [-0.4, -0.2) is 23.2 Å². The largest absolute Gasteiger partial charge is 0.481 e. The molecule has 0 heterocycles. The molecule has 0 radical (unpaired) electrons. The van der Waals surface area contributed by atoms with E-state index in [1.807, 2.05) is 0 Å². The van der Waals surface area contributed by atoms with Crippen LogP contribution in [0.25, 0.3) is 0 Å². The van der Waals surface area contributed by atoms with Crippen molar-refractivity contribution in [2.24, 2.45) is 5.92 Å². The lowest BCUT2D eigenvalue weighted by Crippen LogP contribution is -2.49. The summed E-state index contributed by atoms with van der Waals surface area (Å²) in [5.41, 5.74) is -0.116. The quantitative estimate of drug-likeness (QED) is 0.712. The number of carboxylic acid groups (broad SMARTS) is 1. The predicted octanol–water partition coefficient (Wildman–Crippen LogP) is 2.02. The molecule has 1 aliphatic carbocycles. The zero-order valence-corrected chi connectivity index (χ0v) is 9.18. The molecule has 1 saturated carbocycles. The normalized spacial score (nSPS) is 32.0. The van der Waals surface area contributed by atoms with Gasteiger partial charge >= 0.3 is 5.97 Å². The summed E-state index contributed by atoms with van der Waals surface area (Å²) in [6.45, 7) is 5.07. The summed E-state index contributed by atoms with van der Waals surface area (Å²) in [5, 5.41) is 12.3. The fourth-order valence-corrected chi connectivity index (χ4v) is 2.89. The Hall–Kier alpha value is -0.570. The molecule has 1 rings (SSSR count). The van der Waals surface area contributed by atoms with Crippen molar-refractivity contribution in [3.05, 3.63) is 0 Å². The molecule has 0 saturated heterocycles. The van der Waals surface area contributed by atoms with Crippen molar-refractivity contribution in [3.63, 3.8) is 0 Å². The van der Waals surface area contributed by atoms with Crippen molar-refractivity contribution in [1.82, 2.24) is 5.32 Å². The molecule has 0 aromatic rings. The van der Waals surface area contributed by atoms with Gasteiger partial charge in [0.1, 0.15) is 0 Å². The van der Waals surface area contributed by atoms with E-state index < -0.39 is 5.97 Å². The predicted molar refractivity (Wildman–Crippen MR) is 56.3 cm³/mol. The number of carboxylic acids is 1. The highest BCUT2D eigenvalue weighted by Gasteiger charge is 2.42. The number of rotatable bonds is 5. The van der Waals surface area contributed by atoms with E-state index in [0.29, 0.717) is 5.92 Å². The lowest BCUT2D eigenvalue weighted by molar-refractivity contribution is -0.139. The van der Waals surface area contributed by atoms with Crippen molar-refractivity contribution in [1.29, 1.82) is 0 Å². The van der Waals surface area contributed by atoms with Gasteiger partial charge in [-0.3, -0.25) is 4.79 Å². The Morgan fingerprint density at radius 3 is 2.79 bits per heavy atom. The van der Waals surface area contributed by atoms with E-state index in [0.717, 1.165) is 19.4 Å². The number of nitrogens with one attached hydrogen (secondary N) is 1. The van der Waals surface area contributed by atoms with Gasteiger partial charge in [0.25, 0.3) is 0 Å². The standard InChI is InChI=1S/C11H21NO2/c1-3-9-6-5-7-11(9,12-4-2)8-10(13)14/h9,12H,3-8H2,1-2H3,(H,13,14). The lowest BCUT2D eigenvalue weighted by atomic mass is 9.82. The zero-order valence-electron chi connectivity index (χ0n) is 9.18. The van der Waals surface area contributed by atoms with Crippen molar-refractivity contribution >= 4 is 5.97 Å².